The zero-order valence-electron chi connectivity index (χ0n) is 22.8. The topological polar surface area (TPSA) is 86.8 Å². The van der Waals surface area contributed by atoms with Crippen LogP contribution in [0.25, 0.3) is 0 Å². The van der Waals surface area contributed by atoms with Crippen LogP contribution in [0.3, 0.4) is 0 Å². The fourth-order valence-corrected chi connectivity index (χ4v) is 5.69. The number of nitrogens with one attached hydrogen (secondary N) is 1. The molecule has 208 valence electrons. The van der Waals surface area contributed by atoms with Gasteiger partial charge in [0.1, 0.15) is 12.6 Å². The number of para-hydroxylation sites is 1. The minimum absolute atomic E-state index is 0.0843. The van der Waals surface area contributed by atoms with Crippen molar-refractivity contribution >= 4 is 43.5 Å². The Bertz CT molecular complexity index is 1380. The van der Waals surface area contributed by atoms with E-state index in [9.17, 15) is 18.0 Å². The van der Waals surface area contributed by atoms with E-state index in [0.717, 1.165) is 33.7 Å². The Morgan fingerprint density at radius 1 is 0.949 bits per heavy atom. The van der Waals surface area contributed by atoms with Gasteiger partial charge in [0.25, 0.3) is 0 Å². The molecule has 1 N–H and O–H groups in total. The fraction of sp³-hybridized carbons (Fsp3) is 0.333. The average molecular weight is 615 g/mol. The van der Waals surface area contributed by atoms with Crippen molar-refractivity contribution in [1.29, 1.82) is 0 Å². The van der Waals surface area contributed by atoms with Gasteiger partial charge in [-0.3, -0.25) is 13.9 Å². The van der Waals surface area contributed by atoms with Gasteiger partial charge in [-0.1, -0.05) is 73.7 Å². The van der Waals surface area contributed by atoms with Crippen LogP contribution < -0.4 is 9.62 Å². The van der Waals surface area contributed by atoms with Crippen LogP contribution >= 0.6 is 15.9 Å². The summed E-state index contributed by atoms with van der Waals surface area (Å²) in [5.74, 6) is -0.749. The number of sulfonamides is 1. The molecule has 0 heterocycles. The maximum absolute atomic E-state index is 14.1. The molecule has 2 amide bonds. The Balaban J connectivity index is 2.08. The molecule has 0 saturated heterocycles. The second-order valence-corrected chi connectivity index (χ2v) is 12.5. The first-order valence-electron chi connectivity index (χ1n) is 12.9. The Morgan fingerprint density at radius 2 is 1.56 bits per heavy atom. The van der Waals surface area contributed by atoms with E-state index in [0.29, 0.717) is 10.2 Å². The average Bonchev–Trinajstić information content (AvgIpc) is 2.90. The minimum atomic E-state index is -3.82. The third kappa shape index (κ3) is 8.41. The lowest BCUT2D eigenvalue weighted by Gasteiger charge is -2.34. The fourth-order valence-electron chi connectivity index (χ4n) is 4.21. The number of amides is 2. The molecule has 2 atom stereocenters. The van der Waals surface area contributed by atoms with Crippen LogP contribution in [-0.2, 0) is 32.6 Å². The van der Waals surface area contributed by atoms with Crippen LogP contribution in [0.15, 0.2) is 83.3 Å². The number of rotatable bonds is 12. The predicted molar refractivity (Wildman–Crippen MR) is 160 cm³/mol. The largest absolute Gasteiger partial charge is 0.352 e. The highest BCUT2D eigenvalue weighted by molar-refractivity contribution is 9.10. The summed E-state index contributed by atoms with van der Waals surface area (Å²) in [6.07, 6.45) is 2.09. The van der Waals surface area contributed by atoms with Crippen LogP contribution in [0.4, 0.5) is 5.69 Å². The maximum Gasteiger partial charge on any atom is 0.244 e. The predicted octanol–water partition coefficient (Wildman–Crippen LogP) is 5.08. The van der Waals surface area contributed by atoms with Crippen molar-refractivity contribution in [2.24, 2.45) is 0 Å². The van der Waals surface area contributed by atoms with Crippen LogP contribution in [0.5, 0.6) is 0 Å². The number of anilines is 1. The van der Waals surface area contributed by atoms with Crippen LogP contribution in [-0.4, -0.2) is 50.0 Å². The third-order valence-electron chi connectivity index (χ3n) is 6.67. The van der Waals surface area contributed by atoms with Crippen LogP contribution in [0, 0.1) is 6.92 Å². The highest BCUT2D eigenvalue weighted by Gasteiger charge is 2.34. The first-order chi connectivity index (χ1) is 18.5. The number of benzene rings is 3. The van der Waals surface area contributed by atoms with Gasteiger partial charge in [-0.25, -0.2) is 8.42 Å². The molecule has 0 radical (unpaired) electrons. The molecule has 0 aliphatic rings. The van der Waals surface area contributed by atoms with Crippen molar-refractivity contribution in [3.05, 3.63) is 100 Å². The summed E-state index contributed by atoms with van der Waals surface area (Å²) in [6.45, 7) is 5.56. The first kappa shape index (κ1) is 30.4. The second kappa shape index (κ2) is 13.8. The number of carbonyl (C=O) groups is 2. The summed E-state index contributed by atoms with van der Waals surface area (Å²) in [7, 11) is -3.82. The summed E-state index contributed by atoms with van der Waals surface area (Å²) in [5.41, 5.74) is 3.11. The van der Waals surface area contributed by atoms with Crippen LogP contribution in [0.1, 0.15) is 37.0 Å². The third-order valence-corrected chi connectivity index (χ3v) is 8.47. The SMILES string of the molecule is CC[C@@H](C)NC(=O)[C@@H](Cc1ccccc1)N(Cc1ccccc1C)C(=O)CN(c1ccccc1Br)S(C)(=O)=O. The first-order valence-corrected chi connectivity index (χ1v) is 15.6. The smallest absolute Gasteiger partial charge is 0.244 e. The van der Waals surface area contributed by atoms with E-state index in [2.05, 4.69) is 21.2 Å². The molecular formula is C30H36BrN3O4S. The lowest BCUT2D eigenvalue weighted by Crippen LogP contribution is -2.54. The highest BCUT2D eigenvalue weighted by Crippen LogP contribution is 2.28. The summed E-state index contributed by atoms with van der Waals surface area (Å²) in [5, 5.41) is 3.04. The minimum Gasteiger partial charge on any atom is -0.352 e. The Labute approximate surface area is 240 Å². The molecule has 39 heavy (non-hydrogen) atoms. The molecule has 0 bridgehead atoms. The van der Waals surface area contributed by atoms with E-state index in [1.54, 1.807) is 24.3 Å². The van der Waals surface area contributed by atoms with Crippen molar-refractivity contribution in [3.8, 4) is 0 Å². The van der Waals surface area contributed by atoms with Crippen molar-refractivity contribution in [2.75, 3.05) is 17.1 Å². The van der Waals surface area contributed by atoms with Gasteiger partial charge < -0.3 is 10.2 Å². The standard InChI is InChI=1S/C30H36BrN3O4S/c1-5-23(3)32-30(36)28(19-24-14-7-6-8-15-24)33(20-25-16-10-9-13-22(25)2)29(35)21-34(39(4,37)38)27-18-12-11-17-26(27)31/h6-18,23,28H,5,19-21H2,1-4H3,(H,32,36)/t23-,28-/m1/s1. The van der Waals surface area contributed by atoms with Gasteiger partial charge in [-0.2, -0.15) is 0 Å². The normalized spacial score (nSPS) is 12.8. The number of carbonyl (C=O) groups excluding carboxylic acids is 2. The van der Waals surface area contributed by atoms with E-state index >= 15 is 0 Å². The Kier molecular flexibility index (Phi) is 10.7. The summed E-state index contributed by atoms with van der Waals surface area (Å²) in [4.78, 5) is 29.3. The number of aryl methyl sites for hydroxylation is 1. The van der Waals surface area contributed by atoms with Gasteiger partial charge >= 0.3 is 0 Å². The maximum atomic E-state index is 14.1. The molecule has 0 fully saturated rings. The summed E-state index contributed by atoms with van der Waals surface area (Å²) < 4.78 is 27.4. The molecule has 7 nitrogen and oxygen atoms in total. The lowest BCUT2D eigenvalue weighted by molar-refractivity contribution is -0.140. The zero-order chi connectivity index (χ0) is 28.6. The number of nitrogens with zero attached hydrogens (tertiary/aromatic N) is 2. The quantitative estimate of drug-likeness (QED) is 0.309. The molecule has 0 spiro atoms. The molecule has 0 aromatic heterocycles. The second-order valence-electron chi connectivity index (χ2n) is 9.69. The zero-order valence-corrected chi connectivity index (χ0v) is 25.2. The van der Waals surface area contributed by atoms with Crippen molar-refractivity contribution < 1.29 is 18.0 Å². The number of hydrogen-bond donors (Lipinski definition) is 1. The van der Waals surface area contributed by atoms with Crippen molar-refractivity contribution in [3.63, 3.8) is 0 Å². The Hall–Kier alpha value is -3.17. The van der Waals surface area contributed by atoms with Gasteiger partial charge in [0.15, 0.2) is 0 Å². The Morgan fingerprint density at radius 3 is 2.18 bits per heavy atom. The number of hydrogen-bond acceptors (Lipinski definition) is 4. The molecule has 3 aromatic rings. The highest BCUT2D eigenvalue weighted by atomic mass is 79.9. The number of halogens is 1. The van der Waals surface area contributed by atoms with Crippen molar-refractivity contribution in [1.82, 2.24) is 10.2 Å². The van der Waals surface area contributed by atoms with E-state index in [1.165, 1.54) is 4.90 Å². The van der Waals surface area contributed by atoms with Gasteiger partial charge in [0.05, 0.1) is 11.9 Å². The van der Waals surface area contributed by atoms with E-state index in [1.807, 2.05) is 75.4 Å². The van der Waals surface area contributed by atoms with E-state index in [4.69, 9.17) is 0 Å². The molecule has 3 rings (SSSR count). The molecular weight excluding hydrogens is 578 g/mol. The molecule has 0 unspecified atom stereocenters. The van der Waals surface area contributed by atoms with Gasteiger partial charge in [0.2, 0.25) is 21.8 Å². The molecule has 0 aliphatic carbocycles. The van der Waals surface area contributed by atoms with Gasteiger partial charge in [-0.15, -0.1) is 0 Å². The molecule has 0 aliphatic heterocycles. The lowest BCUT2D eigenvalue weighted by atomic mass is 10.0. The summed E-state index contributed by atoms with van der Waals surface area (Å²) >= 11 is 3.42. The van der Waals surface area contributed by atoms with Gasteiger partial charge in [-0.05, 0) is 65.0 Å². The molecule has 0 saturated carbocycles. The van der Waals surface area contributed by atoms with E-state index < -0.39 is 28.5 Å². The van der Waals surface area contributed by atoms with Crippen molar-refractivity contribution in [2.45, 2.75) is 52.2 Å². The van der Waals surface area contributed by atoms with E-state index in [-0.39, 0.29) is 24.9 Å². The van der Waals surface area contributed by atoms with Gasteiger partial charge in [0, 0.05) is 23.5 Å². The monoisotopic (exact) mass is 613 g/mol. The summed E-state index contributed by atoms with van der Waals surface area (Å²) in [6, 6.07) is 23.1. The molecule has 9 heteroatoms. The van der Waals surface area contributed by atoms with Crippen LogP contribution in [0.2, 0.25) is 0 Å². The molecule has 3 aromatic carbocycles.